The molecule has 0 aromatic carbocycles. The summed E-state index contributed by atoms with van der Waals surface area (Å²) in [6, 6.07) is -2.62. The Morgan fingerprint density at radius 3 is 2.29 bits per heavy atom. The number of aliphatic carboxylic acids is 1. The number of thiol groups is 1. The van der Waals surface area contributed by atoms with Gasteiger partial charge in [0.05, 0.1) is 6.42 Å². The fraction of sp³-hybridized carbons (Fsp3) is 0.714. The van der Waals surface area contributed by atoms with Crippen molar-refractivity contribution in [3.63, 3.8) is 0 Å². The van der Waals surface area contributed by atoms with Crippen molar-refractivity contribution in [3.05, 3.63) is 0 Å². The maximum Gasteiger partial charge on any atom is 0.305 e. The number of rotatable bonds is 11. The van der Waals surface area contributed by atoms with Crippen LogP contribution in [0.5, 0.6) is 0 Å². The Bertz CT molecular complexity index is 460. The third kappa shape index (κ3) is 9.36. The summed E-state index contributed by atoms with van der Waals surface area (Å²) < 4.78 is 0. The Morgan fingerprint density at radius 2 is 1.79 bits per heavy atom. The standard InChI is InChI=1S/C14H26N4O5S/c1-3-4-11(19)16-6-9(15)13(22)18-10(5-12(20)21)14(23)17-8(2)7-24/h8-10,24H,3-7,15H2,1-2H3,(H,16,19)(H,17,23)(H,18,22)(H,20,21)/t8-,9+,10+/m0/s1. The van der Waals surface area contributed by atoms with Gasteiger partial charge in [0, 0.05) is 24.8 Å². The van der Waals surface area contributed by atoms with Crippen LogP contribution in [-0.2, 0) is 19.2 Å². The molecule has 138 valence electrons. The predicted molar refractivity (Wildman–Crippen MR) is 91.5 cm³/mol. The van der Waals surface area contributed by atoms with E-state index in [-0.39, 0.29) is 18.5 Å². The molecule has 0 heterocycles. The van der Waals surface area contributed by atoms with Crippen molar-refractivity contribution in [1.29, 1.82) is 0 Å². The molecule has 0 aliphatic heterocycles. The summed E-state index contributed by atoms with van der Waals surface area (Å²) in [5.41, 5.74) is 5.65. The highest BCUT2D eigenvalue weighted by Crippen LogP contribution is 1.97. The van der Waals surface area contributed by atoms with Crippen molar-refractivity contribution in [1.82, 2.24) is 16.0 Å². The average molecular weight is 362 g/mol. The zero-order valence-electron chi connectivity index (χ0n) is 13.9. The van der Waals surface area contributed by atoms with E-state index in [4.69, 9.17) is 10.8 Å². The number of nitrogens with two attached hydrogens (primary N) is 1. The van der Waals surface area contributed by atoms with Crippen molar-refractivity contribution in [2.75, 3.05) is 12.3 Å². The average Bonchev–Trinajstić information content (AvgIpc) is 2.51. The van der Waals surface area contributed by atoms with Crippen LogP contribution in [0.1, 0.15) is 33.1 Å². The maximum absolute atomic E-state index is 12.0. The van der Waals surface area contributed by atoms with Crippen LogP contribution in [0.4, 0.5) is 0 Å². The Hall–Kier alpha value is -1.81. The van der Waals surface area contributed by atoms with Gasteiger partial charge in [-0.2, -0.15) is 12.6 Å². The summed E-state index contributed by atoms with van der Waals surface area (Å²) in [5, 5.41) is 16.2. The first-order valence-electron chi connectivity index (χ1n) is 7.66. The van der Waals surface area contributed by atoms with Crippen molar-refractivity contribution < 1.29 is 24.3 Å². The highest BCUT2D eigenvalue weighted by Gasteiger charge is 2.26. The van der Waals surface area contributed by atoms with E-state index in [1.807, 2.05) is 6.92 Å². The minimum Gasteiger partial charge on any atom is -0.481 e. The molecule has 24 heavy (non-hydrogen) atoms. The Balaban J connectivity index is 4.65. The van der Waals surface area contributed by atoms with Gasteiger partial charge in [0.25, 0.3) is 0 Å². The summed E-state index contributed by atoms with van der Waals surface area (Å²) in [7, 11) is 0. The lowest BCUT2D eigenvalue weighted by atomic mass is 10.1. The first kappa shape index (κ1) is 22.2. The molecule has 0 aromatic heterocycles. The van der Waals surface area contributed by atoms with Crippen molar-refractivity contribution in [2.45, 2.75) is 51.2 Å². The third-order valence-electron chi connectivity index (χ3n) is 3.01. The van der Waals surface area contributed by atoms with Crippen LogP contribution in [0.2, 0.25) is 0 Å². The van der Waals surface area contributed by atoms with Crippen LogP contribution in [-0.4, -0.2) is 59.2 Å². The van der Waals surface area contributed by atoms with Gasteiger partial charge in [0.1, 0.15) is 12.1 Å². The Labute approximate surface area is 146 Å². The number of hydrogen-bond acceptors (Lipinski definition) is 6. The van der Waals surface area contributed by atoms with Gasteiger partial charge in [0.2, 0.25) is 17.7 Å². The molecular formula is C14H26N4O5S. The summed E-state index contributed by atoms with van der Waals surface area (Å²) >= 11 is 4.02. The highest BCUT2D eigenvalue weighted by molar-refractivity contribution is 7.80. The second-order valence-corrected chi connectivity index (χ2v) is 5.78. The SMILES string of the molecule is CCCC(=O)NC[C@@H](N)C(=O)N[C@H](CC(=O)O)C(=O)N[C@@H](C)CS. The molecule has 0 bridgehead atoms. The van der Waals surface area contributed by atoms with Gasteiger partial charge in [0.15, 0.2) is 0 Å². The van der Waals surface area contributed by atoms with Crippen LogP contribution in [0, 0.1) is 0 Å². The molecular weight excluding hydrogens is 336 g/mol. The van der Waals surface area contributed by atoms with Gasteiger partial charge >= 0.3 is 5.97 Å². The van der Waals surface area contributed by atoms with Gasteiger partial charge in [-0.3, -0.25) is 19.2 Å². The molecule has 0 saturated carbocycles. The highest BCUT2D eigenvalue weighted by atomic mass is 32.1. The number of carbonyl (C=O) groups is 4. The molecule has 0 saturated heterocycles. The minimum absolute atomic E-state index is 0.0981. The zero-order valence-corrected chi connectivity index (χ0v) is 14.8. The Morgan fingerprint density at radius 1 is 1.17 bits per heavy atom. The van der Waals surface area contributed by atoms with E-state index in [0.29, 0.717) is 18.6 Å². The first-order valence-corrected chi connectivity index (χ1v) is 8.30. The van der Waals surface area contributed by atoms with Crippen molar-refractivity contribution in [2.24, 2.45) is 5.73 Å². The molecule has 0 rings (SSSR count). The summed E-state index contributed by atoms with van der Waals surface area (Å²) in [6.45, 7) is 3.44. The van der Waals surface area contributed by atoms with Crippen LogP contribution >= 0.6 is 12.6 Å². The number of carboxylic acid groups (broad SMARTS) is 1. The minimum atomic E-state index is -1.25. The number of hydrogen-bond donors (Lipinski definition) is 6. The molecule has 6 N–H and O–H groups in total. The van der Waals surface area contributed by atoms with Crippen LogP contribution in [0.3, 0.4) is 0 Å². The topological polar surface area (TPSA) is 151 Å². The second kappa shape index (κ2) is 11.7. The fourth-order valence-electron chi connectivity index (χ4n) is 1.68. The molecule has 9 nitrogen and oxygen atoms in total. The van der Waals surface area contributed by atoms with Crippen LogP contribution < -0.4 is 21.7 Å². The summed E-state index contributed by atoms with van der Waals surface area (Å²) in [6.07, 6.45) is 0.406. The van der Waals surface area contributed by atoms with E-state index in [9.17, 15) is 19.2 Å². The number of amides is 3. The van der Waals surface area contributed by atoms with Crippen LogP contribution in [0.15, 0.2) is 0 Å². The summed E-state index contributed by atoms with van der Waals surface area (Å²) in [5.74, 6) is -2.45. The zero-order chi connectivity index (χ0) is 18.7. The van der Waals surface area contributed by atoms with Gasteiger partial charge in [-0.1, -0.05) is 6.92 Å². The fourth-order valence-corrected chi connectivity index (χ4v) is 1.77. The van der Waals surface area contributed by atoms with Gasteiger partial charge in [-0.25, -0.2) is 0 Å². The van der Waals surface area contributed by atoms with E-state index >= 15 is 0 Å². The van der Waals surface area contributed by atoms with Crippen molar-refractivity contribution >= 4 is 36.3 Å². The number of carbonyl (C=O) groups excluding carboxylic acids is 3. The Kier molecular flexibility index (Phi) is 10.8. The van der Waals surface area contributed by atoms with Crippen molar-refractivity contribution in [3.8, 4) is 0 Å². The van der Waals surface area contributed by atoms with E-state index in [1.165, 1.54) is 0 Å². The lowest BCUT2D eigenvalue weighted by Crippen LogP contribution is -2.55. The molecule has 10 heteroatoms. The molecule has 0 unspecified atom stereocenters. The van der Waals surface area contributed by atoms with E-state index in [2.05, 4.69) is 28.6 Å². The third-order valence-corrected chi connectivity index (χ3v) is 3.55. The maximum atomic E-state index is 12.0. The largest absolute Gasteiger partial charge is 0.481 e. The first-order chi connectivity index (χ1) is 11.2. The predicted octanol–water partition coefficient (Wildman–Crippen LogP) is -1.38. The normalized spacial score (nSPS) is 14.2. The lowest BCUT2D eigenvalue weighted by molar-refractivity contribution is -0.140. The van der Waals surface area contributed by atoms with Gasteiger partial charge in [-0.05, 0) is 13.3 Å². The van der Waals surface area contributed by atoms with Gasteiger partial charge < -0.3 is 26.8 Å². The van der Waals surface area contributed by atoms with E-state index < -0.39 is 36.3 Å². The molecule has 3 atom stereocenters. The molecule has 0 fully saturated rings. The summed E-state index contributed by atoms with van der Waals surface area (Å²) in [4.78, 5) is 46.2. The van der Waals surface area contributed by atoms with E-state index in [0.717, 1.165) is 0 Å². The quantitative estimate of drug-likeness (QED) is 0.249. The van der Waals surface area contributed by atoms with E-state index in [1.54, 1.807) is 6.92 Å². The van der Waals surface area contributed by atoms with Gasteiger partial charge in [-0.15, -0.1) is 0 Å². The molecule has 0 radical (unpaired) electrons. The smallest absolute Gasteiger partial charge is 0.305 e. The molecule has 0 aromatic rings. The number of nitrogens with one attached hydrogen (secondary N) is 3. The molecule has 0 spiro atoms. The molecule has 3 amide bonds. The lowest BCUT2D eigenvalue weighted by Gasteiger charge is -2.21. The van der Waals surface area contributed by atoms with Crippen LogP contribution in [0.25, 0.3) is 0 Å². The monoisotopic (exact) mass is 362 g/mol. The molecule has 0 aliphatic carbocycles. The number of carboxylic acids is 1. The molecule has 0 aliphatic rings. The second-order valence-electron chi connectivity index (χ2n) is 5.41.